The lowest BCUT2D eigenvalue weighted by molar-refractivity contribution is -0.129. The van der Waals surface area contributed by atoms with Crippen molar-refractivity contribution in [2.45, 2.75) is 104 Å². The molecule has 0 spiro atoms. The molecule has 6 unspecified atom stereocenters. The number of carbonyl (C=O) groups excluding carboxylic acids is 4. The molecule has 0 radical (unpaired) electrons. The number of carbonyl (C=O) groups is 4. The van der Waals surface area contributed by atoms with Gasteiger partial charge in [-0.05, 0) is 84.5 Å². The number of nitrogens with zero attached hydrogens (tertiary/aromatic N) is 5. The van der Waals surface area contributed by atoms with Crippen LogP contribution in [0.2, 0.25) is 0 Å². The van der Waals surface area contributed by atoms with Gasteiger partial charge in [0.2, 0.25) is 5.91 Å². The summed E-state index contributed by atoms with van der Waals surface area (Å²) >= 11 is 0. The number of rotatable bonds is 19. The van der Waals surface area contributed by atoms with Crippen molar-refractivity contribution in [1.29, 1.82) is 0 Å². The third kappa shape index (κ3) is 12.4. The van der Waals surface area contributed by atoms with E-state index >= 15 is 4.79 Å². The van der Waals surface area contributed by atoms with Gasteiger partial charge in [-0.1, -0.05) is 126 Å². The van der Waals surface area contributed by atoms with Gasteiger partial charge in [0.25, 0.3) is 5.91 Å². The second kappa shape index (κ2) is 22.5. The lowest BCUT2D eigenvalue weighted by Gasteiger charge is -2.40. The third-order valence-corrected chi connectivity index (χ3v) is 12.6. The van der Waals surface area contributed by atoms with Crippen molar-refractivity contribution < 1.29 is 29.0 Å². The number of pyridine rings is 2. The molecular weight excluding hydrogens is 831 g/mol. The molecule has 0 aliphatic carbocycles. The van der Waals surface area contributed by atoms with E-state index < -0.39 is 41.8 Å². The first-order valence-corrected chi connectivity index (χ1v) is 22.9. The van der Waals surface area contributed by atoms with E-state index in [9.17, 15) is 19.5 Å². The van der Waals surface area contributed by atoms with Crippen molar-refractivity contribution >= 4 is 29.6 Å². The SMILES string of the molecule is CCC(C)C(C(=O)NC(Cc1ccccc1)C(O)CC(Cc1ccc(-c2ccccn2)cc1)N(C(=O)C(NC(=O)OC)C(C)(C)C)c1ccccc1)N1CCN(Cc2cccnc2C)C1=O. The number of ether oxygens (including phenoxy) is 1. The van der Waals surface area contributed by atoms with Crippen LogP contribution in [-0.2, 0) is 33.7 Å². The molecule has 6 rings (SSSR count). The van der Waals surface area contributed by atoms with Gasteiger partial charge in [-0.3, -0.25) is 19.6 Å². The topological polar surface area (TPSA) is 157 Å². The van der Waals surface area contributed by atoms with Crippen LogP contribution in [0.15, 0.2) is 128 Å². The van der Waals surface area contributed by atoms with Crippen LogP contribution in [0.1, 0.15) is 69.8 Å². The number of aliphatic hydroxyl groups excluding tert-OH is 1. The van der Waals surface area contributed by atoms with Gasteiger partial charge in [0.1, 0.15) is 12.1 Å². The van der Waals surface area contributed by atoms with Gasteiger partial charge in [-0.25, -0.2) is 9.59 Å². The van der Waals surface area contributed by atoms with Gasteiger partial charge < -0.3 is 35.2 Å². The molecule has 5 aromatic rings. The Morgan fingerprint density at radius 2 is 1.47 bits per heavy atom. The van der Waals surface area contributed by atoms with Crippen molar-refractivity contribution in [2.24, 2.45) is 11.3 Å². The largest absolute Gasteiger partial charge is 0.453 e. The number of methoxy groups -OCH3 is 1. The Kier molecular flexibility index (Phi) is 16.7. The first-order valence-electron chi connectivity index (χ1n) is 22.9. The molecule has 1 fully saturated rings. The summed E-state index contributed by atoms with van der Waals surface area (Å²) in [6.07, 6.45) is 2.80. The molecule has 13 heteroatoms. The van der Waals surface area contributed by atoms with E-state index in [0.29, 0.717) is 38.2 Å². The molecule has 1 aliphatic rings. The maximum Gasteiger partial charge on any atom is 0.407 e. The number of para-hydroxylation sites is 1. The number of aryl methyl sites for hydroxylation is 1. The molecule has 3 aromatic carbocycles. The molecule has 348 valence electrons. The summed E-state index contributed by atoms with van der Waals surface area (Å²) in [5.41, 5.74) is 5.15. The van der Waals surface area contributed by atoms with Crippen LogP contribution < -0.4 is 15.5 Å². The Morgan fingerprint density at radius 3 is 2.09 bits per heavy atom. The fraction of sp³-hybridized carbons (Fsp3) is 0.396. The van der Waals surface area contributed by atoms with Crippen molar-refractivity contribution in [1.82, 2.24) is 30.4 Å². The van der Waals surface area contributed by atoms with Crippen molar-refractivity contribution in [3.63, 3.8) is 0 Å². The van der Waals surface area contributed by atoms with E-state index in [1.165, 1.54) is 7.11 Å². The van der Waals surface area contributed by atoms with E-state index in [1.807, 2.05) is 157 Å². The quantitative estimate of drug-likeness (QED) is 0.0753. The minimum atomic E-state index is -1.19. The highest BCUT2D eigenvalue weighted by Crippen LogP contribution is 2.31. The van der Waals surface area contributed by atoms with Gasteiger partial charge in [-0.2, -0.15) is 0 Å². The molecule has 13 nitrogen and oxygen atoms in total. The lowest BCUT2D eigenvalue weighted by Crippen LogP contribution is -2.59. The minimum Gasteiger partial charge on any atom is -0.453 e. The molecule has 1 aliphatic heterocycles. The number of anilines is 1. The molecule has 2 aromatic heterocycles. The van der Waals surface area contributed by atoms with E-state index in [1.54, 1.807) is 27.1 Å². The Bertz CT molecular complexity index is 2360. The number of hydrogen-bond donors (Lipinski definition) is 3. The zero-order valence-electron chi connectivity index (χ0n) is 39.3. The molecule has 6 atom stereocenters. The zero-order valence-corrected chi connectivity index (χ0v) is 39.3. The van der Waals surface area contributed by atoms with Crippen LogP contribution in [0.3, 0.4) is 0 Å². The van der Waals surface area contributed by atoms with Gasteiger partial charge in [0, 0.05) is 55.0 Å². The van der Waals surface area contributed by atoms with Crippen LogP contribution in [0.4, 0.5) is 15.3 Å². The Labute approximate surface area is 389 Å². The summed E-state index contributed by atoms with van der Waals surface area (Å²) in [6, 6.07) is 32.8. The normalized spacial score (nSPS) is 15.5. The standard InChI is InChI=1S/C53H65N7O6/c1-8-36(2)47(59-31-30-58(52(59)65)35-41-20-17-29-54-37(41)3)49(62)56-45(33-38-18-11-9-12-19-38)46(61)34-43(32-39-24-26-40(27-25-39)44-23-15-16-28-55-44)60(42-21-13-10-14-22-42)50(63)48(53(4,5)6)57-51(64)66-7/h9-29,36,43,45-48,61H,8,30-35H2,1-7H3,(H,56,62)(H,57,64). The summed E-state index contributed by atoms with van der Waals surface area (Å²) < 4.78 is 4.99. The third-order valence-electron chi connectivity index (χ3n) is 12.6. The number of hydrogen-bond acceptors (Lipinski definition) is 8. The fourth-order valence-electron chi connectivity index (χ4n) is 8.66. The fourth-order valence-corrected chi connectivity index (χ4v) is 8.66. The Hall–Kier alpha value is -6.60. The smallest absolute Gasteiger partial charge is 0.407 e. The van der Waals surface area contributed by atoms with Crippen molar-refractivity contribution in [3.8, 4) is 11.3 Å². The molecule has 3 N–H and O–H groups in total. The van der Waals surface area contributed by atoms with Crippen LogP contribution >= 0.6 is 0 Å². The summed E-state index contributed by atoms with van der Waals surface area (Å²) in [6.45, 7) is 12.7. The van der Waals surface area contributed by atoms with Gasteiger partial charge in [-0.15, -0.1) is 0 Å². The van der Waals surface area contributed by atoms with E-state index in [-0.39, 0.29) is 36.6 Å². The van der Waals surface area contributed by atoms with Crippen LogP contribution in [-0.4, -0.2) is 99.3 Å². The predicted molar refractivity (Wildman–Crippen MR) is 257 cm³/mol. The predicted octanol–water partition coefficient (Wildman–Crippen LogP) is 8.00. The second-order valence-corrected chi connectivity index (χ2v) is 18.3. The molecular formula is C53H65N7O6. The van der Waals surface area contributed by atoms with E-state index in [0.717, 1.165) is 33.6 Å². The lowest BCUT2D eigenvalue weighted by atomic mass is 9.84. The molecule has 0 bridgehead atoms. The number of alkyl carbamates (subject to hydrolysis) is 1. The monoisotopic (exact) mass is 895 g/mol. The highest BCUT2D eigenvalue weighted by atomic mass is 16.5. The highest BCUT2D eigenvalue weighted by molar-refractivity contribution is 6.00. The average Bonchev–Trinajstić information content (AvgIpc) is 3.67. The number of urea groups is 1. The van der Waals surface area contributed by atoms with Gasteiger partial charge >= 0.3 is 12.1 Å². The number of amides is 5. The highest BCUT2D eigenvalue weighted by Gasteiger charge is 2.43. The molecule has 1 saturated heterocycles. The van der Waals surface area contributed by atoms with Crippen molar-refractivity contribution in [3.05, 3.63) is 150 Å². The summed E-state index contributed by atoms with van der Waals surface area (Å²) in [4.78, 5) is 71.0. The van der Waals surface area contributed by atoms with Crippen LogP contribution in [0, 0.1) is 18.3 Å². The Morgan fingerprint density at radius 1 is 0.818 bits per heavy atom. The van der Waals surface area contributed by atoms with Crippen LogP contribution in [0.5, 0.6) is 0 Å². The average molecular weight is 896 g/mol. The maximum atomic E-state index is 15.2. The minimum absolute atomic E-state index is 0.0321. The molecule has 3 heterocycles. The summed E-state index contributed by atoms with van der Waals surface area (Å²) in [5, 5.41) is 18.7. The number of aliphatic hydroxyl groups is 1. The number of aromatic nitrogens is 2. The number of benzene rings is 3. The maximum absolute atomic E-state index is 15.2. The molecule has 0 saturated carbocycles. The van der Waals surface area contributed by atoms with Gasteiger partial charge in [0.05, 0.1) is 24.9 Å². The van der Waals surface area contributed by atoms with E-state index in [2.05, 4.69) is 20.6 Å². The molecule has 66 heavy (non-hydrogen) atoms. The zero-order chi connectivity index (χ0) is 47.4. The first kappa shape index (κ1) is 48.8. The molecule has 5 amide bonds. The summed E-state index contributed by atoms with van der Waals surface area (Å²) in [5.74, 6) is -0.946. The summed E-state index contributed by atoms with van der Waals surface area (Å²) in [7, 11) is 1.26. The van der Waals surface area contributed by atoms with Crippen LogP contribution in [0.25, 0.3) is 11.3 Å². The second-order valence-electron chi connectivity index (χ2n) is 18.3. The number of nitrogens with one attached hydrogen (secondary N) is 2. The van der Waals surface area contributed by atoms with E-state index in [4.69, 9.17) is 4.74 Å². The Balaban J connectivity index is 1.37. The van der Waals surface area contributed by atoms with Gasteiger partial charge in [0.15, 0.2) is 0 Å². The van der Waals surface area contributed by atoms with Crippen molar-refractivity contribution in [2.75, 3.05) is 25.1 Å². The first-order chi connectivity index (χ1) is 31.7.